The molecule has 7 heteroatoms. The Morgan fingerprint density at radius 3 is 3.08 bits per heavy atom. The van der Waals surface area contributed by atoms with Gasteiger partial charge < -0.3 is 19.5 Å². The summed E-state index contributed by atoms with van der Waals surface area (Å²) in [6, 6.07) is 7.62. The van der Waals surface area contributed by atoms with Gasteiger partial charge in [-0.2, -0.15) is 5.10 Å². The van der Waals surface area contributed by atoms with Crippen LogP contribution >= 0.6 is 0 Å². The van der Waals surface area contributed by atoms with Gasteiger partial charge in [0.15, 0.2) is 17.2 Å². The number of rotatable bonds is 5. The summed E-state index contributed by atoms with van der Waals surface area (Å²) >= 11 is 0. The number of hydrogen-bond acceptors (Lipinski definition) is 5. The van der Waals surface area contributed by atoms with E-state index < -0.39 is 0 Å². The topological polar surface area (TPSA) is 74.6 Å². The van der Waals surface area contributed by atoms with E-state index in [0.29, 0.717) is 25.4 Å². The molecule has 2 aromatic rings. The van der Waals surface area contributed by atoms with E-state index in [-0.39, 0.29) is 18.8 Å². The second-order valence-electron chi connectivity index (χ2n) is 6.22. The number of aromatic nitrogens is 2. The molecule has 1 aromatic carbocycles. The molecule has 132 valence electrons. The van der Waals surface area contributed by atoms with Crippen molar-refractivity contribution in [1.29, 1.82) is 0 Å². The molecule has 0 aliphatic carbocycles. The van der Waals surface area contributed by atoms with E-state index in [1.54, 1.807) is 6.07 Å². The fourth-order valence-corrected chi connectivity index (χ4v) is 3.02. The summed E-state index contributed by atoms with van der Waals surface area (Å²) in [5, 5.41) is 7.34. The third-order valence-corrected chi connectivity index (χ3v) is 4.45. The quantitative estimate of drug-likeness (QED) is 0.844. The molecule has 0 spiro atoms. The number of nitrogens with one attached hydrogen (secondary N) is 1. The minimum atomic E-state index is -0.130. The third kappa shape index (κ3) is 3.19. The number of ether oxygens (including phenoxy) is 3. The Hall–Kier alpha value is -2.54. The lowest BCUT2D eigenvalue weighted by atomic mass is 10.1. The molecule has 3 heterocycles. The number of nitrogens with zero attached hydrogens (tertiary/aromatic N) is 2. The minimum absolute atomic E-state index is 0.127. The maximum absolute atomic E-state index is 12.2. The highest BCUT2D eigenvalue weighted by molar-refractivity contribution is 5.92. The molecule has 0 saturated carbocycles. The zero-order chi connectivity index (χ0) is 17.2. The fraction of sp³-hybridized carbons (Fsp3) is 0.444. The molecule has 1 N–H and O–H groups in total. The van der Waals surface area contributed by atoms with E-state index >= 15 is 0 Å². The van der Waals surface area contributed by atoms with Crippen LogP contribution in [0.1, 0.15) is 47.6 Å². The van der Waals surface area contributed by atoms with Crippen molar-refractivity contribution in [2.75, 3.05) is 13.3 Å². The first-order valence-electron chi connectivity index (χ1n) is 8.60. The van der Waals surface area contributed by atoms with E-state index in [1.807, 2.05) is 22.9 Å². The van der Waals surface area contributed by atoms with Crippen LogP contribution < -0.4 is 14.8 Å². The first kappa shape index (κ1) is 16.0. The summed E-state index contributed by atoms with van der Waals surface area (Å²) in [7, 11) is 0. The van der Waals surface area contributed by atoms with Crippen LogP contribution in [0.5, 0.6) is 11.5 Å². The molecule has 0 unspecified atom stereocenters. The zero-order valence-electron chi connectivity index (χ0n) is 14.2. The predicted molar refractivity (Wildman–Crippen MR) is 89.6 cm³/mol. The van der Waals surface area contributed by atoms with Crippen molar-refractivity contribution in [2.45, 2.75) is 39.0 Å². The highest BCUT2D eigenvalue weighted by Crippen LogP contribution is 2.36. The van der Waals surface area contributed by atoms with Crippen molar-refractivity contribution in [2.24, 2.45) is 0 Å². The van der Waals surface area contributed by atoms with E-state index in [2.05, 4.69) is 17.3 Å². The molecule has 2 aliphatic heterocycles. The van der Waals surface area contributed by atoms with Gasteiger partial charge in [-0.25, -0.2) is 0 Å². The van der Waals surface area contributed by atoms with Gasteiger partial charge in [-0.15, -0.1) is 0 Å². The molecule has 0 bridgehead atoms. The molecule has 0 saturated heterocycles. The standard InChI is InChI=1S/C18H21N3O4/c1-2-3-6-19-18(22)14-8-13-10-23-17(9-21(13)20-14)12-4-5-15-16(7-12)25-11-24-15/h4-5,7-8,17H,2-3,6,9-11H2,1H3,(H,19,22)/t17-/m1/s1. The maximum atomic E-state index is 12.2. The Kier molecular flexibility index (Phi) is 4.31. The molecule has 0 radical (unpaired) electrons. The number of amides is 1. The van der Waals surface area contributed by atoms with Gasteiger partial charge in [-0.05, 0) is 30.2 Å². The van der Waals surface area contributed by atoms with Crippen molar-refractivity contribution >= 4 is 5.91 Å². The molecule has 4 rings (SSSR count). The number of hydrogen-bond donors (Lipinski definition) is 1. The second-order valence-corrected chi connectivity index (χ2v) is 6.22. The van der Waals surface area contributed by atoms with Gasteiger partial charge in [0.25, 0.3) is 5.91 Å². The lowest BCUT2D eigenvalue weighted by Crippen LogP contribution is -2.25. The van der Waals surface area contributed by atoms with E-state index in [1.165, 1.54) is 0 Å². The van der Waals surface area contributed by atoms with Crippen LogP contribution in [-0.2, 0) is 17.9 Å². The van der Waals surface area contributed by atoms with Crippen LogP contribution in [0.25, 0.3) is 0 Å². The summed E-state index contributed by atoms with van der Waals surface area (Å²) < 4.78 is 18.6. The lowest BCUT2D eigenvalue weighted by molar-refractivity contribution is -0.00128. The van der Waals surface area contributed by atoms with Crippen molar-refractivity contribution in [3.05, 3.63) is 41.2 Å². The van der Waals surface area contributed by atoms with Crippen LogP contribution in [0.3, 0.4) is 0 Å². The minimum Gasteiger partial charge on any atom is -0.454 e. The number of carbonyl (C=O) groups is 1. The molecule has 7 nitrogen and oxygen atoms in total. The van der Waals surface area contributed by atoms with E-state index in [4.69, 9.17) is 14.2 Å². The van der Waals surface area contributed by atoms with E-state index in [0.717, 1.165) is 35.6 Å². The van der Waals surface area contributed by atoms with Gasteiger partial charge in [0, 0.05) is 6.54 Å². The second kappa shape index (κ2) is 6.76. The summed E-state index contributed by atoms with van der Waals surface area (Å²) in [6.07, 6.45) is 1.89. The highest BCUT2D eigenvalue weighted by Gasteiger charge is 2.25. The van der Waals surface area contributed by atoms with Gasteiger partial charge in [0.05, 0.1) is 18.8 Å². The first-order valence-corrected chi connectivity index (χ1v) is 8.60. The fourth-order valence-electron chi connectivity index (χ4n) is 3.02. The lowest BCUT2D eigenvalue weighted by Gasteiger charge is -2.24. The maximum Gasteiger partial charge on any atom is 0.271 e. The van der Waals surface area contributed by atoms with Crippen molar-refractivity contribution in [1.82, 2.24) is 15.1 Å². The van der Waals surface area contributed by atoms with Crippen LogP contribution in [0.2, 0.25) is 0 Å². The van der Waals surface area contributed by atoms with Crippen LogP contribution in [0.4, 0.5) is 0 Å². The Morgan fingerprint density at radius 1 is 1.32 bits per heavy atom. The van der Waals surface area contributed by atoms with E-state index in [9.17, 15) is 4.79 Å². The first-order chi connectivity index (χ1) is 12.2. The average molecular weight is 343 g/mol. The molecule has 1 aromatic heterocycles. The molecular formula is C18H21N3O4. The monoisotopic (exact) mass is 343 g/mol. The zero-order valence-corrected chi connectivity index (χ0v) is 14.2. The van der Waals surface area contributed by atoms with Gasteiger partial charge in [0.1, 0.15) is 6.10 Å². The number of fused-ring (bicyclic) bond motifs is 2. The third-order valence-electron chi connectivity index (χ3n) is 4.45. The normalized spacial score (nSPS) is 18.0. The summed E-state index contributed by atoms with van der Waals surface area (Å²) in [5.74, 6) is 1.36. The summed E-state index contributed by atoms with van der Waals surface area (Å²) in [4.78, 5) is 12.2. The molecule has 25 heavy (non-hydrogen) atoms. The average Bonchev–Trinajstić information content (AvgIpc) is 3.27. The number of unbranched alkanes of at least 4 members (excludes halogenated alkanes) is 1. The van der Waals surface area contributed by atoms with Gasteiger partial charge in [0.2, 0.25) is 6.79 Å². The smallest absolute Gasteiger partial charge is 0.271 e. The Bertz CT molecular complexity index is 787. The predicted octanol–water partition coefficient (Wildman–Crippen LogP) is 2.41. The molecule has 1 amide bonds. The van der Waals surface area contributed by atoms with Gasteiger partial charge in [-0.1, -0.05) is 19.4 Å². The molecular weight excluding hydrogens is 322 g/mol. The summed E-state index contributed by atoms with van der Waals surface area (Å²) in [5.41, 5.74) is 2.37. The Balaban J connectivity index is 1.47. The Morgan fingerprint density at radius 2 is 2.20 bits per heavy atom. The summed E-state index contributed by atoms with van der Waals surface area (Å²) in [6.45, 7) is 4.01. The molecule has 0 fully saturated rings. The van der Waals surface area contributed by atoms with Crippen LogP contribution in [0.15, 0.2) is 24.3 Å². The SMILES string of the molecule is CCCCNC(=O)c1cc2n(n1)C[C@H](c1ccc3c(c1)OCO3)OC2. The van der Waals surface area contributed by atoms with Gasteiger partial charge >= 0.3 is 0 Å². The highest BCUT2D eigenvalue weighted by atomic mass is 16.7. The van der Waals surface area contributed by atoms with Crippen molar-refractivity contribution < 1.29 is 19.0 Å². The van der Waals surface area contributed by atoms with Crippen LogP contribution in [-0.4, -0.2) is 29.0 Å². The van der Waals surface area contributed by atoms with Crippen molar-refractivity contribution in [3.8, 4) is 11.5 Å². The van der Waals surface area contributed by atoms with Gasteiger partial charge in [-0.3, -0.25) is 9.48 Å². The molecule has 2 aliphatic rings. The number of carbonyl (C=O) groups excluding carboxylic acids is 1. The Labute approximate surface area is 145 Å². The molecule has 1 atom stereocenters. The number of benzene rings is 1. The largest absolute Gasteiger partial charge is 0.454 e. The van der Waals surface area contributed by atoms with Crippen molar-refractivity contribution in [3.63, 3.8) is 0 Å². The van der Waals surface area contributed by atoms with Crippen LogP contribution in [0, 0.1) is 0 Å².